The van der Waals surface area contributed by atoms with E-state index in [0.717, 1.165) is 5.56 Å². The lowest BCUT2D eigenvalue weighted by Gasteiger charge is -2.22. The summed E-state index contributed by atoms with van der Waals surface area (Å²) < 4.78 is 5.21. The van der Waals surface area contributed by atoms with Gasteiger partial charge in [-0.25, -0.2) is 0 Å². The second-order valence-corrected chi connectivity index (χ2v) is 5.41. The van der Waals surface area contributed by atoms with Gasteiger partial charge in [0.25, 0.3) is 0 Å². The van der Waals surface area contributed by atoms with Crippen molar-refractivity contribution in [1.82, 2.24) is 0 Å². The number of carbonyl (C=O) groups is 1. The maximum atomic E-state index is 11.7. The van der Waals surface area contributed by atoms with E-state index in [9.17, 15) is 4.79 Å². The number of rotatable bonds is 3. The van der Waals surface area contributed by atoms with Gasteiger partial charge in [-0.1, -0.05) is 23.7 Å². The van der Waals surface area contributed by atoms with E-state index in [1.165, 1.54) is 0 Å². The molecule has 0 spiro atoms. The molecule has 0 bridgehead atoms. The Morgan fingerprint density at radius 1 is 1.35 bits per heavy atom. The third kappa shape index (κ3) is 5.20. The minimum Gasteiger partial charge on any atom is -0.459 e. The van der Waals surface area contributed by atoms with E-state index in [-0.39, 0.29) is 5.97 Å². The predicted molar refractivity (Wildman–Crippen MR) is 69.0 cm³/mol. The molecule has 1 aromatic carbocycles. The second-order valence-electron chi connectivity index (χ2n) is 4.97. The number of ether oxygens (including phenoxy) is 1. The van der Waals surface area contributed by atoms with Crippen molar-refractivity contribution >= 4 is 17.6 Å². The smallest absolute Gasteiger partial charge is 0.323 e. The van der Waals surface area contributed by atoms with E-state index in [1.54, 1.807) is 12.1 Å². The first kappa shape index (κ1) is 14.0. The molecule has 0 heterocycles. The number of halogens is 1. The molecule has 1 unspecified atom stereocenters. The fourth-order valence-electron chi connectivity index (χ4n) is 1.34. The molecule has 0 saturated heterocycles. The fourth-order valence-corrected chi connectivity index (χ4v) is 1.46. The van der Waals surface area contributed by atoms with Gasteiger partial charge in [0.1, 0.15) is 11.6 Å². The minimum atomic E-state index is -0.643. The maximum absolute atomic E-state index is 11.7. The number of nitrogens with two attached hydrogens (primary N) is 1. The van der Waals surface area contributed by atoms with Crippen LogP contribution in [0.3, 0.4) is 0 Å². The van der Waals surface area contributed by atoms with E-state index >= 15 is 0 Å². The molecule has 2 N–H and O–H groups in total. The van der Waals surface area contributed by atoms with Gasteiger partial charge < -0.3 is 10.5 Å². The summed E-state index contributed by atoms with van der Waals surface area (Å²) in [7, 11) is 0. The molecule has 94 valence electrons. The number of hydrogen-bond donors (Lipinski definition) is 1. The molecule has 3 nitrogen and oxygen atoms in total. The lowest BCUT2D eigenvalue weighted by molar-refractivity contribution is -0.156. The van der Waals surface area contributed by atoms with Crippen molar-refractivity contribution in [1.29, 1.82) is 0 Å². The highest BCUT2D eigenvalue weighted by Gasteiger charge is 2.22. The average molecular weight is 256 g/mol. The largest absolute Gasteiger partial charge is 0.459 e. The molecule has 0 aromatic heterocycles. The molecule has 0 fully saturated rings. The van der Waals surface area contributed by atoms with Crippen molar-refractivity contribution in [2.75, 3.05) is 0 Å². The highest BCUT2D eigenvalue weighted by molar-refractivity contribution is 6.30. The van der Waals surface area contributed by atoms with Crippen LogP contribution >= 0.6 is 11.6 Å². The Balaban J connectivity index is 2.57. The van der Waals surface area contributed by atoms with Crippen LogP contribution in [0, 0.1) is 0 Å². The van der Waals surface area contributed by atoms with Crippen molar-refractivity contribution in [2.24, 2.45) is 5.73 Å². The number of benzene rings is 1. The summed E-state index contributed by atoms with van der Waals surface area (Å²) in [5.41, 5.74) is 6.25. The molecule has 0 aliphatic heterocycles. The first-order valence-electron chi connectivity index (χ1n) is 5.51. The van der Waals surface area contributed by atoms with Gasteiger partial charge in [-0.3, -0.25) is 4.79 Å². The third-order valence-electron chi connectivity index (χ3n) is 2.08. The van der Waals surface area contributed by atoms with Crippen LogP contribution in [-0.2, 0) is 16.0 Å². The third-order valence-corrected chi connectivity index (χ3v) is 2.33. The van der Waals surface area contributed by atoms with Gasteiger partial charge in [0.2, 0.25) is 0 Å². The van der Waals surface area contributed by atoms with Crippen LogP contribution < -0.4 is 5.73 Å². The van der Waals surface area contributed by atoms with Gasteiger partial charge in [0, 0.05) is 5.02 Å². The van der Waals surface area contributed by atoms with Crippen LogP contribution in [0.4, 0.5) is 0 Å². The van der Waals surface area contributed by atoms with Gasteiger partial charge in [-0.15, -0.1) is 0 Å². The Morgan fingerprint density at radius 3 is 2.35 bits per heavy atom. The predicted octanol–water partition coefficient (Wildman–Crippen LogP) is 2.55. The molecule has 1 rings (SSSR count). The summed E-state index contributed by atoms with van der Waals surface area (Å²) in [6.45, 7) is 5.46. The zero-order valence-electron chi connectivity index (χ0n) is 10.4. The van der Waals surface area contributed by atoms with E-state index < -0.39 is 11.6 Å². The number of hydrogen-bond acceptors (Lipinski definition) is 3. The van der Waals surface area contributed by atoms with Crippen LogP contribution in [0.15, 0.2) is 24.3 Å². The molecule has 0 saturated carbocycles. The van der Waals surface area contributed by atoms with Crippen LogP contribution in [0.5, 0.6) is 0 Å². The van der Waals surface area contributed by atoms with Crippen LogP contribution in [0.25, 0.3) is 0 Å². The van der Waals surface area contributed by atoms with Crippen LogP contribution in [-0.4, -0.2) is 17.6 Å². The molecule has 0 radical (unpaired) electrons. The average Bonchev–Trinajstić information content (AvgIpc) is 2.19. The number of esters is 1. The highest BCUT2D eigenvalue weighted by atomic mass is 35.5. The highest BCUT2D eigenvalue weighted by Crippen LogP contribution is 2.13. The van der Waals surface area contributed by atoms with Gasteiger partial charge in [-0.05, 0) is 44.9 Å². The van der Waals surface area contributed by atoms with Crippen molar-refractivity contribution < 1.29 is 9.53 Å². The maximum Gasteiger partial charge on any atom is 0.323 e. The summed E-state index contributed by atoms with van der Waals surface area (Å²) in [6.07, 6.45) is 0.450. The van der Waals surface area contributed by atoms with Crippen molar-refractivity contribution in [2.45, 2.75) is 38.8 Å². The Hall–Kier alpha value is -1.06. The molecule has 0 amide bonds. The second kappa shape index (κ2) is 5.52. The monoisotopic (exact) mass is 255 g/mol. The molecule has 1 aromatic rings. The zero-order valence-corrected chi connectivity index (χ0v) is 11.1. The molecule has 4 heteroatoms. The minimum absolute atomic E-state index is 0.382. The molecule has 1 atom stereocenters. The summed E-state index contributed by atoms with van der Waals surface area (Å²) in [6, 6.07) is 6.62. The van der Waals surface area contributed by atoms with Crippen molar-refractivity contribution in [3.63, 3.8) is 0 Å². The van der Waals surface area contributed by atoms with Gasteiger partial charge in [0.15, 0.2) is 0 Å². The summed E-state index contributed by atoms with van der Waals surface area (Å²) in [5, 5.41) is 0.666. The Labute approximate surface area is 107 Å². The van der Waals surface area contributed by atoms with Crippen LogP contribution in [0.1, 0.15) is 26.3 Å². The standard InChI is InChI=1S/C13H18ClNO2/c1-13(2,3)17-12(16)11(15)8-9-4-6-10(14)7-5-9/h4-7,11H,8,15H2,1-3H3. The fraction of sp³-hybridized carbons (Fsp3) is 0.462. The lowest BCUT2D eigenvalue weighted by atomic mass is 10.1. The molecule has 0 aliphatic rings. The molecular weight excluding hydrogens is 238 g/mol. The molecule has 0 aliphatic carbocycles. The Kier molecular flexibility index (Phi) is 4.54. The molecular formula is C13H18ClNO2. The molecule has 17 heavy (non-hydrogen) atoms. The first-order chi connectivity index (χ1) is 7.78. The zero-order chi connectivity index (χ0) is 13.1. The van der Waals surface area contributed by atoms with E-state index in [4.69, 9.17) is 22.1 Å². The summed E-state index contributed by atoms with van der Waals surface area (Å²) in [5.74, 6) is -0.382. The quantitative estimate of drug-likeness (QED) is 0.845. The Morgan fingerprint density at radius 2 is 1.88 bits per heavy atom. The van der Waals surface area contributed by atoms with Crippen LogP contribution in [0.2, 0.25) is 5.02 Å². The van der Waals surface area contributed by atoms with Crippen molar-refractivity contribution in [3.8, 4) is 0 Å². The van der Waals surface area contributed by atoms with Gasteiger partial charge in [0.05, 0.1) is 0 Å². The summed E-state index contributed by atoms with van der Waals surface area (Å²) in [4.78, 5) is 11.7. The van der Waals surface area contributed by atoms with E-state index in [2.05, 4.69) is 0 Å². The normalized spacial score (nSPS) is 13.2. The SMILES string of the molecule is CC(C)(C)OC(=O)C(N)Cc1ccc(Cl)cc1. The van der Waals surface area contributed by atoms with E-state index in [1.807, 2.05) is 32.9 Å². The Bertz CT molecular complexity index is 381. The van der Waals surface area contributed by atoms with E-state index in [0.29, 0.717) is 11.4 Å². The van der Waals surface area contributed by atoms with Gasteiger partial charge in [-0.2, -0.15) is 0 Å². The first-order valence-corrected chi connectivity index (χ1v) is 5.88. The summed E-state index contributed by atoms with van der Waals surface area (Å²) >= 11 is 5.78. The number of carbonyl (C=O) groups excluding carboxylic acids is 1. The lowest BCUT2D eigenvalue weighted by Crippen LogP contribution is -2.38. The topological polar surface area (TPSA) is 52.3 Å². The van der Waals surface area contributed by atoms with Crippen molar-refractivity contribution in [3.05, 3.63) is 34.9 Å². The van der Waals surface area contributed by atoms with Gasteiger partial charge >= 0.3 is 5.97 Å².